The summed E-state index contributed by atoms with van der Waals surface area (Å²) in [5.41, 5.74) is 1.54. The second kappa shape index (κ2) is 8.76. The Morgan fingerprint density at radius 2 is 2.00 bits per heavy atom. The van der Waals surface area contributed by atoms with Crippen molar-refractivity contribution in [2.24, 2.45) is 0 Å². The number of halogens is 2. The lowest BCUT2D eigenvalue weighted by Crippen LogP contribution is -2.37. The predicted octanol–water partition coefficient (Wildman–Crippen LogP) is 4.82. The van der Waals surface area contributed by atoms with E-state index in [2.05, 4.69) is 0 Å². The SMILES string of the molecule is COc1ccc(C(=O)N(Cc2ccc(Cl)cc2)CC2CCCO2)cc1Cl. The monoisotopic (exact) mass is 393 g/mol. The molecule has 1 unspecified atom stereocenters. The summed E-state index contributed by atoms with van der Waals surface area (Å²) < 4.78 is 10.9. The van der Waals surface area contributed by atoms with Gasteiger partial charge in [-0.05, 0) is 48.7 Å². The van der Waals surface area contributed by atoms with Crippen molar-refractivity contribution >= 4 is 29.1 Å². The van der Waals surface area contributed by atoms with Gasteiger partial charge in [0, 0.05) is 30.3 Å². The number of benzene rings is 2. The van der Waals surface area contributed by atoms with Crippen molar-refractivity contribution in [3.63, 3.8) is 0 Å². The third-order valence-corrected chi connectivity index (χ3v) is 4.97. The highest BCUT2D eigenvalue weighted by Crippen LogP contribution is 2.26. The minimum Gasteiger partial charge on any atom is -0.495 e. The number of rotatable bonds is 6. The van der Waals surface area contributed by atoms with Crippen LogP contribution in [-0.4, -0.2) is 37.2 Å². The summed E-state index contributed by atoms with van der Waals surface area (Å²) in [5, 5.41) is 1.09. The molecule has 3 rings (SSSR count). The van der Waals surface area contributed by atoms with Crippen molar-refractivity contribution in [2.45, 2.75) is 25.5 Å². The van der Waals surface area contributed by atoms with Gasteiger partial charge in [-0.1, -0.05) is 35.3 Å². The van der Waals surface area contributed by atoms with Gasteiger partial charge in [-0.25, -0.2) is 0 Å². The number of amides is 1. The van der Waals surface area contributed by atoms with Gasteiger partial charge in [0.15, 0.2) is 0 Å². The zero-order valence-electron chi connectivity index (χ0n) is 14.6. The molecular weight excluding hydrogens is 373 g/mol. The fraction of sp³-hybridized carbons (Fsp3) is 0.350. The molecule has 138 valence electrons. The minimum atomic E-state index is -0.0833. The molecule has 0 spiro atoms. The quantitative estimate of drug-likeness (QED) is 0.705. The summed E-state index contributed by atoms with van der Waals surface area (Å²) >= 11 is 12.2. The maximum Gasteiger partial charge on any atom is 0.254 e. The molecule has 26 heavy (non-hydrogen) atoms. The van der Waals surface area contributed by atoms with E-state index >= 15 is 0 Å². The molecule has 1 atom stereocenters. The Morgan fingerprint density at radius 1 is 1.23 bits per heavy atom. The smallest absolute Gasteiger partial charge is 0.254 e. The van der Waals surface area contributed by atoms with Crippen LogP contribution in [0.1, 0.15) is 28.8 Å². The summed E-state index contributed by atoms with van der Waals surface area (Å²) in [6.07, 6.45) is 2.07. The molecule has 1 amide bonds. The Bertz CT molecular complexity index is 758. The Balaban J connectivity index is 1.82. The summed E-state index contributed by atoms with van der Waals surface area (Å²) in [5.74, 6) is 0.464. The van der Waals surface area contributed by atoms with E-state index < -0.39 is 0 Å². The highest BCUT2D eigenvalue weighted by atomic mass is 35.5. The van der Waals surface area contributed by atoms with Crippen molar-refractivity contribution in [2.75, 3.05) is 20.3 Å². The van der Waals surface area contributed by atoms with E-state index in [1.165, 1.54) is 0 Å². The molecule has 6 heteroatoms. The van der Waals surface area contributed by atoms with Crippen molar-refractivity contribution < 1.29 is 14.3 Å². The molecule has 0 aromatic heterocycles. The number of hydrogen-bond acceptors (Lipinski definition) is 3. The van der Waals surface area contributed by atoms with Crippen molar-refractivity contribution in [3.8, 4) is 5.75 Å². The van der Waals surface area contributed by atoms with Crippen LogP contribution in [0.3, 0.4) is 0 Å². The topological polar surface area (TPSA) is 38.8 Å². The van der Waals surface area contributed by atoms with Crippen molar-refractivity contribution in [1.82, 2.24) is 4.90 Å². The van der Waals surface area contributed by atoms with Crippen LogP contribution in [0.4, 0.5) is 0 Å². The van der Waals surface area contributed by atoms with Crippen LogP contribution in [-0.2, 0) is 11.3 Å². The highest BCUT2D eigenvalue weighted by Gasteiger charge is 2.24. The van der Waals surface area contributed by atoms with Gasteiger partial charge in [0.1, 0.15) is 5.75 Å². The lowest BCUT2D eigenvalue weighted by molar-refractivity contribution is 0.0507. The largest absolute Gasteiger partial charge is 0.495 e. The van der Waals surface area contributed by atoms with Crippen LogP contribution in [0.2, 0.25) is 10.0 Å². The molecule has 0 bridgehead atoms. The first-order valence-corrected chi connectivity index (χ1v) is 9.31. The summed E-state index contributed by atoms with van der Waals surface area (Å²) in [6, 6.07) is 12.6. The van der Waals surface area contributed by atoms with E-state index in [4.69, 9.17) is 32.7 Å². The van der Waals surface area contributed by atoms with Crippen LogP contribution >= 0.6 is 23.2 Å². The molecule has 4 nitrogen and oxygen atoms in total. The summed E-state index contributed by atoms with van der Waals surface area (Å²) in [6.45, 7) is 1.78. The van der Waals surface area contributed by atoms with Gasteiger partial charge in [0.2, 0.25) is 0 Å². The average Bonchev–Trinajstić information content (AvgIpc) is 3.15. The van der Waals surface area contributed by atoms with Gasteiger partial charge < -0.3 is 14.4 Å². The van der Waals surface area contributed by atoms with Crippen molar-refractivity contribution in [1.29, 1.82) is 0 Å². The summed E-state index contributed by atoms with van der Waals surface area (Å²) in [4.78, 5) is 14.9. The molecule has 1 aliphatic rings. The minimum absolute atomic E-state index is 0.0694. The van der Waals surface area contributed by atoms with E-state index in [0.717, 1.165) is 25.0 Å². The van der Waals surface area contributed by atoms with Crippen LogP contribution in [0.15, 0.2) is 42.5 Å². The van der Waals surface area contributed by atoms with Gasteiger partial charge in [-0.3, -0.25) is 4.79 Å². The number of carbonyl (C=O) groups is 1. The molecule has 0 aliphatic carbocycles. The molecule has 2 aromatic carbocycles. The van der Waals surface area contributed by atoms with Gasteiger partial charge in [0.25, 0.3) is 5.91 Å². The third-order valence-electron chi connectivity index (χ3n) is 4.42. The second-order valence-corrected chi connectivity index (χ2v) is 7.14. The molecular formula is C20H21Cl2NO3. The summed E-state index contributed by atoms with van der Waals surface area (Å²) in [7, 11) is 1.55. The van der Waals surface area contributed by atoms with Gasteiger partial charge in [0.05, 0.1) is 18.2 Å². The maximum atomic E-state index is 13.1. The number of hydrogen-bond donors (Lipinski definition) is 0. The van der Waals surface area contributed by atoms with E-state index in [-0.39, 0.29) is 12.0 Å². The van der Waals surface area contributed by atoms with Crippen LogP contribution in [0.5, 0.6) is 5.75 Å². The second-order valence-electron chi connectivity index (χ2n) is 6.30. The van der Waals surface area contributed by atoms with Gasteiger partial charge >= 0.3 is 0 Å². The van der Waals surface area contributed by atoms with Crippen molar-refractivity contribution in [3.05, 3.63) is 63.6 Å². The molecule has 0 saturated carbocycles. The van der Waals surface area contributed by atoms with Gasteiger partial charge in [-0.2, -0.15) is 0 Å². The Hall–Kier alpha value is -1.75. The number of ether oxygens (including phenoxy) is 2. The maximum absolute atomic E-state index is 13.1. The molecule has 1 saturated heterocycles. The Morgan fingerprint density at radius 3 is 2.62 bits per heavy atom. The number of carbonyl (C=O) groups excluding carboxylic acids is 1. The first-order chi connectivity index (χ1) is 12.6. The molecule has 1 aliphatic heterocycles. The van der Waals surface area contributed by atoms with Crippen LogP contribution < -0.4 is 4.74 Å². The molecule has 1 heterocycles. The number of methoxy groups -OCH3 is 1. The fourth-order valence-corrected chi connectivity index (χ4v) is 3.43. The predicted molar refractivity (Wildman–Crippen MR) is 103 cm³/mol. The zero-order chi connectivity index (χ0) is 18.5. The van der Waals surface area contributed by atoms with E-state index in [1.54, 1.807) is 30.2 Å². The first-order valence-electron chi connectivity index (χ1n) is 8.55. The molecule has 0 N–H and O–H groups in total. The molecule has 2 aromatic rings. The average molecular weight is 394 g/mol. The molecule has 0 radical (unpaired) electrons. The third kappa shape index (κ3) is 4.70. The zero-order valence-corrected chi connectivity index (χ0v) is 16.1. The number of nitrogens with zero attached hydrogens (tertiary/aromatic N) is 1. The Labute approximate surface area is 163 Å². The van der Waals surface area contributed by atoms with Crippen LogP contribution in [0.25, 0.3) is 0 Å². The highest BCUT2D eigenvalue weighted by molar-refractivity contribution is 6.32. The normalized spacial score (nSPS) is 16.5. The van der Waals surface area contributed by atoms with E-state index in [0.29, 0.717) is 34.4 Å². The lowest BCUT2D eigenvalue weighted by atomic mass is 10.1. The van der Waals surface area contributed by atoms with E-state index in [9.17, 15) is 4.79 Å². The Kier molecular flexibility index (Phi) is 6.41. The first kappa shape index (κ1) is 19.0. The van der Waals surface area contributed by atoms with E-state index in [1.807, 2.05) is 24.3 Å². The lowest BCUT2D eigenvalue weighted by Gasteiger charge is -2.26. The fourth-order valence-electron chi connectivity index (χ4n) is 3.05. The molecule has 1 fully saturated rings. The van der Waals surface area contributed by atoms with Crippen LogP contribution in [0, 0.1) is 0 Å². The van der Waals surface area contributed by atoms with Gasteiger partial charge in [-0.15, -0.1) is 0 Å². The standard InChI is InChI=1S/C20H21Cl2NO3/c1-25-19-9-6-15(11-18(19)22)20(24)23(13-17-3-2-10-26-17)12-14-4-7-16(21)8-5-14/h4-9,11,17H,2-3,10,12-13H2,1H3.